The minimum absolute atomic E-state index is 0.0185. The summed E-state index contributed by atoms with van der Waals surface area (Å²) < 4.78 is 38.6. The molecule has 0 unspecified atom stereocenters. The Labute approximate surface area is 169 Å². The summed E-state index contributed by atoms with van der Waals surface area (Å²) in [6, 6.07) is 16.3. The number of methoxy groups -OCH3 is 1. The summed E-state index contributed by atoms with van der Waals surface area (Å²) in [5, 5.41) is 0. The lowest BCUT2D eigenvalue weighted by Gasteiger charge is -2.13. The van der Waals surface area contributed by atoms with Crippen LogP contribution in [0, 0.1) is 6.92 Å². The highest BCUT2D eigenvalue weighted by molar-refractivity contribution is 7.92. The second kappa shape index (κ2) is 8.74. The Balaban J connectivity index is 1.84. The van der Waals surface area contributed by atoms with E-state index in [0.29, 0.717) is 11.4 Å². The topological polar surface area (TPSA) is 94.6 Å². The van der Waals surface area contributed by atoms with Crippen LogP contribution in [0.1, 0.15) is 21.6 Å². The van der Waals surface area contributed by atoms with Crippen molar-refractivity contribution in [2.45, 2.75) is 18.4 Å². The zero-order valence-corrected chi connectivity index (χ0v) is 16.8. The van der Waals surface area contributed by atoms with Gasteiger partial charge >= 0.3 is 5.97 Å². The number of aromatic nitrogens is 1. The van der Waals surface area contributed by atoms with Gasteiger partial charge in [-0.25, -0.2) is 13.2 Å². The number of ether oxygens (including phenoxy) is 2. The maximum Gasteiger partial charge on any atom is 0.338 e. The summed E-state index contributed by atoms with van der Waals surface area (Å²) in [5.74, 6) is -0.545. The molecule has 0 radical (unpaired) electrons. The monoisotopic (exact) mass is 412 g/mol. The van der Waals surface area contributed by atoms with E-state index in [1.54, 1.807) is 48.7 Å². The number of hydrogen-bond donors (Lipinski definition) is 1. The Bertz CT molecular complexity index is 1100. The van der Waals surface area contributed by atoms with Crippen molar-refractivity contribution in [3.63, 3.8) is 0 Å². The largest absolute Gasteiger partial charge is 0.495 e. The number of aryl methyl sites for hydroxylation is 1. The number of nitrogens with zero attached hydrogens (tertiary/aromatic N) is 1. The molecule has 0 amide bonds. The fourth-order valence-corrected chi connectivity index (χ4v) is 3.81. The highest BCUT2D eigenvalue weighted by Crippen LogP contribution is 2.27. The Hall–Kier alpha value is -3.39. The fraction of sp³-hybridized carbons (Fsp3) is 0.143. The van der Waals surface area contributed by atoms with Gasteiger partial charge in [-0.3, -0.25) is 9.71 Å². The minimum atomic E-state index is -3.99. The van der Waals surface area contributed by atoms with Crippen LogP contribution in [0.4, 0.5) is 5.69 Å². The smallest absolute Gasteiger partial charge is 0.338 e. The molecule has 3 rings (SSSR count). The van der Waals surface area contributed by atoms with Crippen LogP contribution in [-0.2, 0) is 21.4 Å². The Morgan fingerprint density at radius 1 is 1.07 bits per heavy atom. The second-order valence-corrected chi connectivity index (χ2v) is 7.89. The van der Waals surface area contributed by atoms with Crippen LogP contribution in [0.3, 0.4) is 0 Å². The van der Waals surface area contributed by atoms with Gasteiger partial charge in [-0.05, 0) is 49.4 Å². The lowest BCUT2D eigenvalue weighted by Crippen LogP contribution is -2.15. The van der Waals surface area contributed by atoms with Crippen molar-refractivity contribution in [1.29, 1.82) is 0 Å². The summed E-state index contributed by atoms with van der Waals surface area (Å²) >= 11 is 0. The molecule has 0 fully saturated rings. The van der Waals surface area contributed by atoms with Crippen LogP contribution in [-0.4, -0.2) is 26.5 Å². The normalized spacial score (nSPS) is 11.0. The molecule has 1 aromatic heterocycles. The van der Waals surface area contributed by atoms with Crippen molar-refractivity contribution in [2.24, 2.45) is 0 Å². The summed E-state index contributed by atoms with van der Waals surface area (Å²) in [4.78, 5) is 16.3. The van der Waals surface area contributed by atoms with Crippen LogP contribution >= 0.6 is 0 Å². The van der Waals surface area contributed by atoms with Crippen molar-refractivity contribution in [1.82, 2.24) is 4.98 Å². The molecule has 0 aliphatic heterocycles. The van der Waals surface area contributed by atoms with Crippen molar-refractivity contribution in [2.75, 3.05) is 11.8 Å². The van der Waals surface area contributed by atoms with Gasteiger partial charge in [0, 0.05) is 11.9 Å². The lowest BCUT2D eigenvalue weighted by molar-refractivity contribution is 0.0467. The maximum absolute atomic E-state index is 12.9. The molecule has 0 aliphatic carbocycles. The molecular weight excluding hydrogens is 392 g/mol. The lowest BCUT2D eigenvalue weighted by atomic mass is 10.2. The molecule has 7 nitrogen and oxygen atoms in total. The number of sulfonamides is 1. The first-order valence-corrected chi connectivity index (χ1v) is 10.2. The first kappa shape index (κ1) is 20.3. The van der Waals surface area contributed by atoms with Gasteiger partial charge in [-0.1, -0.05) is 23.8 Å². The number of carbonyl (C=O) groups excluding carboxylic acids is 1. The molecule has 8 heteroatoms. The molecule has 1 N–H and O–H groups in total. The third kappa shape index (κ3) is 5.11. The van der Waals surface area contributed by atoms with Gasteiger partial charge in [0.2, 0.25) is 0 Å². The van der Waals surface area contributed by atoms with Crippen molar-refractivity contribution in [3.8, 4) is 5.75 Å². The van der Waals surface area contributed by atoms with Gasteiger partial charge in [0.15, 0.2) is 0 Å². The fourth-order valence-electron chi connectivity index (χ4n) is 2.55. The van der Waals surface area contributed by atoms with Gasteiger partial charge in [0.05, 0.1) is 18.4 Å². The van der Waals surface area contributed by atoms with Crippen LogP contribution < -0.4 is 9.46 Å². The third-order valence-corrected chi connectivity index (χ3v) is 5.47. The van der Waals surface area contributed by atoms with Gasteiger partial charge in [-0.15, -0.1) is 0 Å². The standard InChI is InChI=1S/C21H20N2O5S/c1-15-6-9-17(10-7-15)23-29(25,26)20-13-16(8-11-19(20)27-2)21(24)28-14-18-5-3-4-12-22-18/h3-13,23H,14H2,1-2H3. The SMILES string of the molecule is COc1ccc(C(=O)OCc2ccccn2)cc1S(=O)(=O)Nc1ccc(C)cc1. The highest BCUT2D eigenvalue weighted by Gasteiger charge is 2.22. The average molecular weight is 412 g/mol. The van der Waals surface area contributed by atoms with Gasteiger partial charge in [0.25, 0.3) is 10.0 Å². The molecule has 0 spiro atoms. The Morgan fingerprint density at radius 3 is 2.48 bits per heavy atom. The maximum atomic E-state index is 12.9. The Morgan fingerprint density at radius 2 is 1.83 bits per heavy atom. The van der Waals surface area contributed by atoms with Gasteiger partial charge in [-0.2, -0.15) is 0 Å². The molecule has 2 aromatic carbocycles. The van der Waals surface area contributed by atoms with Crippen LogP contribution in [0.25, 0.3) is 0 Å². The molecule has 0 bridgehead atoms. The van der Waals surface area contributed by atoms with Gasteiger partial charge < -0.3 is 9.47 Å². The zero-order chi connectivity index (χ0) is 20.9. The van der Waals surface area contributed by atoms with E-state index >= 15 is 0 Å². The predicted octanol–water partition coefficient (Wildman–Crippen LogP) is 3.56. The number of benzene rings is 2. The number of hydrogen-bond acceptors (Lipinski definition) is 6. The van der Waals surface area contributed by atoms with Crippen LogP contribution in [0.15, 0.2) is 71.8 Å². The number of carbonyl (C=O) groups is 1. The number of anilines is 1. The van der Waals surface area contributed by atoms with Crippen LogP contribution in [0.5, 0.6) is 5.75 Å². The molecule has 0 saturated heterocycles. The number of esters is 1. The molecule has 0 aliphatic rings. The quantitative estimate of drug-likeness (QED) is 0.597. The van der Waals surface area contributed by atoms with E-state index in [1.165, 1.54) is 25.3 Å². The van der Waals surface area contributed by atoms with E-state index in [2.05, 4.69) is 9.71 Å². The van der Waals surface area contributed by atoms with E-state index < -0.39 is 16.0 Å². The van der Waals surface area contributed by atoms with E-state index in [9.17, 15) is 13.2 Å². The summed E-state index contributed by atoms with van der Waals surface area (Å²) in [6.45, 7) is 1.89. The van der Waals surface area contributed by atoms with Crippen molar-refractivity contribution < 1.29 is 22.7 Å². The van der Waals surface area contributed by atoms with E-state index in [1.807, 2.05) is 6.92 Å². The molecule has 150 valence electrons. The number of nitrogens with one attached hydrogen (secondary N) is 1. The summed E-state index contributed by atoms with van der Waals surface area (Å²) in [5.41, 5.74) is 2.08. The zero-order valence-electron chi connectivity index (χ0n) is 16.0. The number of rotatable bonds is 7. The van der Waals surface area contributed by atoms with E-state index in [0.717, 1.165) is 5.56 Å². The van der Waals surface area contributed by atoms with E-state index in [4.69, 9.17) is 9.47 Å². The molecular formula is C21H20N2O5S. The number of pyridine rings is 1. The third-order valence-electron chi connectivity index (χ3n) is 4.07. The molecule has 3 aromatic rings. The summed E-state index contributed by atoms with van der Waals surface area (Å²) in [6.07, 6.45) is 1.60. The average Bonchev–Trinajstić information content (AvgIpc) is 2.73. The van der Waals surface area contributed by atoms with Gasteiger partial charge in [0.1, 0.15) is 17.3 Å². The van der Waals surface area contributed by atoms with E-state index in [-0.39, 0.29) is 22.8 Å². The Kier molecular flexibility index (Phi) is 6.13. The van der Waals surface area contributed by atoms with Crippen molar-refractivity contribution in [3.05, 3.63) is 83.7 Å². The molecule has 0 atom stereocenters. The van der Waals surface area contributed by atoms with Crippen LogP contribution in [0.2, 0.25) is 0 Å². The van der Waals surface area contributed by atoms with Crippen molar-refractivity contribution >= 4 is 21.7 Å². The second-order valence-electron chi connectivity index (χ2n) is 6.23. The first-order chi connectivity index (χ1) is 13.9. The molecule has 29 heavy (non-hydrogen) atoms. The minimum Gasteiger partial charge on any atom is -0.495 e. The highest BCUT2D eigenvalue weighted by atomic mass is 32.2. The first-order valence-electron chi connectivity index (χ1n) is 8.73. The molecule has 0 saturated carbocycles. The summed E-state index contributed by atoms with van der Waals surface area (Å²) in [7, 11) is -2.63. The molecule has 1 heterocycles. The predicted molar refractivity (Wildman–Crippen MR) is 108 cm³/mol.